The number of hydrogen-bond donors (Lipinski definition) is 0. The Bertz CT molecular complexity index is 739. The van der Waals surface area contributed by atoms with Crippen molar-refractivity contribution in [2.75, 3.05) is 18.0 Å². The van der Waals surface area contributed by atoms with Crippen LogP contribution in [-0.2, 0) is 0 Å². The maximum atomic E-state index is 12.5. The lowest BCUT2D eigenvalue weighted by Crippen LogP contribution is -2.39. The average Bonchev–Trinajstić information content (AvgIpc) is 2.62. The van der Waals surface area contributed by atoms with Crippen LogP contribution in [0.25, 0.3) is 0 Å². The maximum absolute atomic E-state index is 12.5. The van der Waals surface area contributed by atoms with Crippen molar-refractivity contribution >= 4 is 28.9 Å². The van der Waals surface area contributed by atoms with Crippen molar-refractivity contribution in [3.8, 4) is 0 Å². The lowest BCUT2D eigenvalue weighted by Gasteiger charge is -2.26. The molecule has 7 heteroatoms. The minimum atomic E-state index is -0.433. The zero-order valence-electron chi connectivity index (χ0n) is 12.9. The largest absolute Gasteiger partial charge is 0.308 e. The van der Waals surface area contributed by atoms with Gasteiger partial charge in [-0.2, -0.15) is 0 Å². The van der Waals surface area contributed by atoms with Crippen LogP contribution in [0, 0.1) is 16.0 Å². The van der Waals surface area contributed by atoms with Crippen molar-refractivity contribution in [2.45, 2.75) is 12.8 Å². The molecule has 0 unspecified atom stereocenters. The number of carbonyl (C=O) groups is 1. The molecule has 24 heavy (non-hydrogen) atoms. The fourth-order valence-corrected chi connectivity index (χ4v) is 3.08. The fraction of sp³-hybridized carbons (Fsp3) is 0.294. The molecule has 0 aliphatic carbocycles. The van der Waals surface area contributed by atoms with Crippen LogP contribution in [0.2, 0.25) is 5.02 Å². The van der Waals surface area contributed by atoms with E-state index in [0.717, 1.165) is 31.7 Å². The monoisotopic (exact) mass is 346 g/mol. The SMILES string of the molecule is O=C(c1ccc(Cl)cc1)C1CCN(c2ccc([N+](=O)[O-])c[nH+]2)CC1. The Kier molecular flexibility index (Phi) is 4.76. The van der Waals surface area contributed by atoms with Gasteiger partial charge in [-0.25, -0.2) is 4.98 Å². The van der Waals surface area contributed by atoms with Crippen LogP contribution in [0.15, 0.2) is 42.6 Å². The van der Waals surface area contributed by atoms with E-state index in [1.807, 2.05) is 0 Å². The first kappa shape index (κ1) is 16.4. The van der Waals surface area contributed by atoms with E-state index in [2.05, 4.69) is 9.88 Å². The highest BCUT2D eigenvalue weighted by molar-refractivity contribution is 6.30. The molecule has 1 aromatic carbocycles. The minimum absolute atomic E-state index is 0.000439. The second kappa shape index (κ2) is 6.97. The third kappa shape index (κ3) is 3.54. The van der Waals surface area contributed by atoms with E-state index in [4.69, 9.17) is 11.6 Å². The molecule has 3 rings (SSSR count). The van der Waals surface area contributed by atoms with Crippen molar-refractivity contribution < 1.29 is 14.7 Å². The molecule has 1 saturated heterocycles. The Morgan fingerprint density at radius 3 is 2.38 bits per heavy atom. The van der Waals surface area contributed by atoms with Crippen molar-refractivity contribution in [1.82, 2.24) is 0 Å². The van der Waals surface area contributed by atoms with Crippen LogP contribution in [0.1, 0.15) is 23.2 Å². The molecule has 2 aromatic rings. The zero-order chi connectivity index (χ0) is 17.1. The van der Waals surface area contributed by atoms with Gasteiger partial charge in [0.25, 0.3) is 5.82 Å². The smallest absolute Gasteiger partial charge is 0.294 e. The van der Waals surface area contributed by atoms with Crippen LogP contribution in [0.5, 0.6) is 0 Å². The number of nitrogens with zero attached hydrogens (tertiary/aromatic N) is 2. The molecule has 124 valence electrons. The lowest BCUT2D eigenvalue weighted by atomic mass is 9.89. The summed E-state index contributed by atoms with van der Waals surface area (Å²) >= 11 is 5.86. The number of H-pyrrole nitrogens is 1. The number of aromatic amines is 1. The number of piperidine rings is 1. The molecule has 1 aliphatic rings. The number of carbonyl (C=O) groups excluding carboxylic acids is 1. The number of nitrogens with one attached hydrogen (secondary N) is 1. The third-order valence-electron chi connectivity index (χ3n) is 4.33. The topological polar surface area (TPSA) is 77.6 Å². The number of rotatable bonds is 4. The average molecular weight is 347 g/mol. The standard InChI is InChI=1S/C17H16ClN3O3/c18-14-3-1-12(2-4-14)17(22)13-7-9-20(10-8-13)16-6-5-15(11-19-16)21(23)24/h1-6,11,13H,7-10H2/p+1. The fourth-order valence-electron chi connectivity index (χ4n) is 2.95. The van der Waals surface area contributed by atoms with Gasteiger partial charge in [0.1, 0.15) is 0 Å². The predicted molar refractivity (Wildman–Crippen MR) is 90.4 cm³/mol. The van der Waals surface area contributed by atoms with E-state index >= 15 is 0 Å². The molecule has 0 amide bonds. The number of pyridine rings is 1. The molecular formula is C17H17ClN3O3+. The van der Waals surface area contributed by atoms with E-state index in [-0.39, 0.29) is 17.4 Å². The van der Waals surface area contributed by atoms with Crippen LogP contribution in [0.4, 0.5) is 11.5 Å². The Morgan fingerprint density at radius 2 is 1.83 bits per heavy atom. The van der Waals surface area contributed by atoms with Crippen LogP contribution >= 0.6 is 11.6 Å². The highest BCUT2D eigenvalue weighted by atomic mass is 35.5. The highest BCUT2D eigenvalue weighted by Crippen LogP contribution is 2.25. The summed E-state index contributed by atoms with van der Waals surface area (Å²) in [6, 6.07) is 10.2. The number of ketones is 1. The molecule has 1 aromatic heterocycles. The highest BCUT2D eigenvalue weighted by Gasteiger charge is 2.30. The number of Topliss-reactive ketones (excluding diaryl/α,β-unsaturated/α-hetero) is 1. The molecule has 0 bridgehead atoms. The molecule has 1 aliphatic heterocycles. The summed E-state index contributed by atoms with van der Waals surface area (Å²) in [6.45, 7) is 1.47. The summed E-state index contributed by atoms with van der Waals surface area (Å²) in [5, 5.41) is 11.3. The lowest BCUT2D eigenvalue weighted by molar-refractivity contribution is -0.414. The predicted octanol–water partition coefficient (Wildman–Crippen LogP) is 3.16. The Balaban J connectivity index is 1.62. The minimum Gasteiger partial charge on any atom is -0.294 e. The molecular weight excluding hydrogens is 330 g/mol. The van der Waals surface area contributed by atoms with Gasteiger partial charge in [-0.15, -0.1) is 0 Å². The number of anilines is 1. The second-order valence-electron chi connectivity index (χ2n) is 5.82. The third-order valence-corrected chi connectivity index (χ3v) is 4.58. The molecule has 6 nitrogen and oxygen atoms in total. The van der Waals surface area contributed by atoms with Crippen molar-refractivity contribution in [2.24, 2.45) is 5.92 Å². The quantitative estimate of drug-likeness (QED) is 0.484. The van der Waals surface area contributed by atoms with Gasteiger partial charge in [0, 0.05) is 28.6 Å². The Morgan fingerprint density at radius 1 is 1.17 bits per heavy atom. The number of nitro groups is 1. The number of benzene rings is 1. The summed E-state index contributed by atoms with van der Waals surface area (Å²) in [4.78, 5) is 27.8. The van der Waals surface area contributed by atoms with E-state index in [1.165, 1.54) is 12.3 Å². The van der Waals surface area contributed by atoms with Crippen molar-refractivity contribution in [1.29, 1.82) is 0 Å². The normalized spacial score (nSPS) is 15.3. The Hall–Kier alpha value is -2.47. The van der Waals surface area contributed by atoms with Crippen molar-refractivity contribution in [3.05, 3.63) is 63.3 Å². The van der Waals surface area contributed by atoms with Gasteiger partial charge in [0.15, 0.2) is 12.0 Å². The molecule has 1 fully saturated rings. The van der Waals surface area contributed by atoms with Gasteiger partial charge in [-0.3, -0.25) is 19.8 Å². The summed E-state index contributed by atoms with van der Waals surface area (Å²) in [6.07, 6.45) is 2.90. The molecule has 0 radical (unpaired) electrons. The summed E-state index contributed by atoms with van der Waals surface area (Å²) in [5.74, 6) is 0.984. The summed E-state index contributed by atoms with van der Waals surface area (Å²) in [7, 11) is 0. The summed E-state index contributed by atoms with van der Waals surface area (Å²) in [5.41, 5.74) is 0.728. The van der Waals surface area contributed by atoms with E-state index < -0.39 is 4.92 Å². The summed E-state index contributed by atoms with van der Waals surface area (Å²) < 4.78 is 0. The van der Waals surface area contributed by atoms with Crippen LogP contribution < -0.4 is 9.88 Å². The van der Waals surface area contributed by atoms with Gasteiger partial charge >= 0.3 is 5.69 Å². The first-order chi connectivity index (χ1) is 11.5. The number of aromatic nitrogens is 1. The first-order valence-electron chi connectivity index (χ1n) is 7.75. The van der Waals surface area contributed by atoms with Gasteiger partial charge in [0.05, 0.1) is 18.0 Å². The molecule has 0 spiro atoms. The van der Waals surface area contributed by atoms with Crippen LogP contribution in [-0.4, -0.2) is 23.8 Å². The van der Waals surface area contributed by atoms with E-state index in [9.17, 15) is 14.9 Å². The molecule has 1 N–H and O–H groups in total. The molecule has 0 saturated carbocycles. The Labute approximate surface area is 144 Å². The van der Waals surface area contributed by atoms with Gasteiger partial charge in [0.2, 0.25) is 0 Å². The van der Waals surface area contributed by atoms with E-state index in [1.54, 1.807) is 30.3 Å². The van der Waals surface area contributed by atoms with Crippen LogP contribution in [0.3, 0.4) is 0 Å². The number of halogens is 1. The zero-order valence-corrected chi connectivity index (χ0v) is 13.7. The van der Waals surface area contributed by atoms with Gasteiger partial charge < -0.3 is 0 Å². The molecule has 0 atom stereocenters. The second-order valence-corrected chi connectivity index (χ2v) is 6.26. The van der Waals surface area contributed by atoms with E-state index in [0.29, 0.717) is 10.6 Å². The van der Waals surface area contributed by atoms with Crippen molar-refractivity contribution in [3.63, 3.8) is 0 Å². The maximum Gasteiger partial charge on any atom is 0.308 e. The molecule has 2 heterocycles. The number of hydrogen-bond acceptors (Lipinski definition) is 4. The van der Waals surface area contributed by atoms with Gasteiger partial charge in [-0.05, 0) is 37.1 Å². The van der Waals surface area contributed by atoms with Gasteiger partial charge in [-0.1, -0.05) is 11.6 Å². The first-order valence-corrected chi connectivity index (χ1v) is 8.13.